The molecule has 2 nitrogen and oxygen atoms in total. The molecule has 0 bridgehead atoms. The molecule has 2 heteroatoms. The highest BCUT2D eigenvalue weighted by Gasteiger charge is 2.03. The molecule has 0 radical (unpaired) electrons. The molecule has 0 saturated heterocycles. The fourth-order valence-electron chi connectivity index (χ4n) is 1.29. The minimum absolute atomic E-state index is 0.468. The van der Waals surface area contributed by atoms with Crippen molar-refractivity contribution < 1.29 is 9.84 Å². The number of hydrogen-bond donors (Lipinski definition) is 1. The van der Waals surface area contributed by atoms with Gasteiger partial charge in [0.05, 0.1) is 6.61 Å². The molecule has 0 unspecified atom stereocenters. The van der Waals surface area contributed by atoms with E-state index in [4.69, 9.17) is 4.74 Å². The van der Waals surface area contributed by atoms with Crippen LogP contribution in [0.2, 0.25) is 0 Å². The molecule has 1 rings (SSSR count). The van der Waals surface area contributed by atoms with E-state index in [1.807, 2.05) is 36.4 Å². The van der Waals surface area contributed by atoms with Gasteiger partial charge in [0.2, 0.25) is 0 Å². The van der Waals surface area contributed by atoms with Gasteiger partial charge in [0.15, 0.2) is 6.29 Å². The van der Waals surface area contributed by atoms with Crippen molar-refractivity contribution >= 4 is 0 Å². The molecule has 0 saturated carbocycles. The molecule has 1 aromatic carbocycles. The maximum Gasteiger partial charge on any atom is 0.154 e. The van der Waals surface area contributed by atoms with E-state index in [2.05, 4.69) is 6.58 Å². The van der Waals surface area contributed by atoms with Gasteiger partial charge in [-0.15, -0.1) is 6.58 Å². The largest absolute Gasteiger partial charge is 0.368 e. The summed E-state index contributed by atoms with van der Waals surface area (Å²) in [6, 6.07) is 9.85. The molecule has 15 heavy (non-hydrogen) atoms. The van der Waals surface area contributed by atoms with Gasteiger partial charge in [-0.05, 0) is 24.8 Å². The van der Waals surface area contributed by atoms with Gasteiger partial charge < -0.3 is 9.84 Å². The first-order valence-corrected chi connectivity index (χ1v) is 5.27. The van der Waals surface area contributed by atoms with E-state index in [-0.39, 0.29) is 0 Å². The Hall–Kier alpha value is -1.12. The highest BCUT2D eigenvalue weighted by molar-refractivity contribution is 5.13. The van der Waals surface area contributed by atoms with Gasteiger partial charge in [0.25, 0.3) is 0 Å². The Bertz CT molecular complexity index is 269. The molecular weight excluding hydrogens is 188 g/mol. The summed E-state index contributed by atoms with van der Waals surface area (Å²) < 4.78 is 5.30. The average molecular weight is 206 g/mol. The van der Waals surface area contributed by atoms with Gasteiger partial charge in [-0.2, -0.15) is 0 Å². The van der Waals surface area contributed by atoms with Crippen molar-refractivity contribution in [1.82, 2.24) is 0 Å². The number of aliphatic hydroxyl groups is 1. The molecule has 82 valence electrons. The Labute approximate surface area is 91.2 Å². The third-order valence-corrected chi connectivity index (χ3v) is 2.14. The Morgan fingerprint density at radius 3 is 2.73 bits per heavy atom. The van der Waals surface area contributed by atoms with Crippen molar-refractivity contribution in [3.05, 3.63) is 48.6 Å². The Morgan fingerprint density at radius 1 is 1.33 bits per heavy atom. The minimum Gasteiger partial charge on any atom is -0.368 e. The van der Waals surface area contributed by atoms with Crippen molar-refractivity contribution in [1.29, 1.82) is 0 Å². The zero-order valence-electron chi connectivity index (χ0n) is 8.93. The van der Waals surface area contributed by atoms with Crippen LogP contribution in [0.3, 0.4) is 0 Å². The van der Waals surface area contributed by atoms with Crippen LogP contribution in [0, 0.1) is 0 Å². The van der Waals surface area contributed by atoms with E-state index in [0.29, 0.717) is 13.0 Å². The molecule has 0 aliphatic rings. The quantitative estimate of drug-likeness (QED) is 0.422. The van der Waals surface area contributed by atoms with Gasteiger partial charge in [0, 0.05) is 0 Å². The van der Waals surface area contributed by atoms with Crippen LogP contribution in [-0.2, 0) is 11.3 Å². The summed E-state index contributed by atoms with van der Waals surface area (Å²) in [5, 5.41) is 9.48. The number of unbranched alkanes of at least 4 members (excludes halogenated alkanes) is 1. The molecule has 0 amide bonds. The van der Waals surface area contributed by atoms with Crippen LogP contribution >= 0.6 is 0 Å². The maximum absolute atomic E-state index is 9.48. The number of ether oxygens (including phenoxy) is 1. The summed E-state index contributed by atoms with van der Waals surface area (Å²) in [5.41, 5.74) is 1.08. The first-order chi connectivity index (χ1) is 7.33. The molecule has 0 fully saturated rings. The van der Waals surface area contributed by atoms with Crippen LogP contribution in [0.15, 0.2) is 43.0 Å². The van der Waals surface area contributed by atoms with E-state index in [1.165, 1.54) is 0 Å². The van der Waals surface area contributed by atoms with Gasteiger partial charge in [0.1, 0.15) is 0 Å². The Morgan fingerprint density at radius 2 is 2.07 bits per heavy atom. The predicted molar refractivity (Wildman–Crippen MR) is 61.3 cm³/mol. The fourth-order valence-corrected chi connectivity index (χ4v) is 1.29. The second-order valence-electron chi connectivity index (χ2n) is 3.47. The smallest absolute Gasteiger partial charge is 0.154 e. The fraction of sp³-hybridized carbons (Fsp3) is 0.385. The van der Waals surface area contributed by atoms with Crippen molar-refractivity contribution in [2.45, 2.75) is 32.2 Å². The highest BCUT2D eigenvalue weighted by atomic mass is 16.6. The molecule has 0 heterocycles. The van der Waals surface area contributed by atoms with E-state index >= 15 is 0 Å². The minimum atomic E-state index is -0.662. The number of allylic oxidation sites excluding steroid dienone is 1. The molecule has 1 atom stereocenters. The summed E-state index contributed by atoms with van der Waals surface area (Å²) in [6.07, 6.45) is 3.69. The number of aliphatic hydroxyl groups excluding tert-OH is 1. The number of rotatable bonds is 7. The Kier molecular flexibility index (Phi) is 5.74. The lowest BCUT2D eigenvalue weighted by Crippen LogP contribution is -2.11. The molecule has 0 aromatic heterocycles. The monoisotopic (exact) mass is 206 g/mol. The zero-order valence-corrected chi connectivity index (χ0v) is 8.93. The van der Waals surface area contributed by atoms with Gasteiger partial charge >= 0.3 is 0 Å². The van der Waals surface area contributed by atoms with Gasteiger partial charge in [-0.1, -0.05) is 36.4 Å². The van der Waals surface area contributed by atoms with Gasteiger partial charge in [-0.25, -0.2) is 0 Å². The molecule has 0 aliphatic heterocycles. The van der Waals surface area contributed by atoms with E-state index in [9.17, 15) is 5.11 Å². The average Bonchev–Trinajstić information content (AvgIpc) is 2.28. The second kappa shape index (κ2) is 7.21. The van der Waals surface area contributed by atoms with Crippen LogP contribution in [0.25, 0.3) is 0 Å². The van der Waals surface area contributed by atoms with E-state index in [1.54, 1.807) is 0 Å². The Balaban J connectivity index is 2.16. The summed E-state index contributed by atoms with van der Waals surface area (Å²) in [7, 11) is 0. The first kappa shape index (κ1) is 12.0. The lowest BCUT2D eigenvalue weighted by Gasteiger charge is -2.11. The molecular formula is C13H18O2. The van der Waals surface area contributed by atoms with E-state index in [0.717, 1.165) is 18.4 Å². The number of hydrogen-bond acceptors (Lipinski definition) is 2. The van der Waals surface area contributed by atoms with Crippen LogP contribution in [0.1, 0.15) is 24.8 Å². The molecule has 1 aromatic rings. The van der Waals surface area contributed by atoms with Gasteiger partial charge in [-0.3, -0.25) is 0 Å². The van der Waals surface area contributed by atoms with E-state index < -0.39 is 6.29 Å². The predicted octanol–water partition coefficient (Wildman–Crippen LogP) is 2.88. The van der Waals surface area contributed by atoms with Crippen molar-refractivity contribution in [2.75, 3.05) is 0 Å². The topological polar surface area (TPSA) is 29.5 Å². The summed E-state index contributed by atoms with van der Waals surface area (Å²) in [4.78, 5) is 0. The van der Waals surface area contributed by atoms with Crippen molar-refractivity contribution in [3.63, 3.8) is 0 Å². The van der Waals surface area contributed by atoms with Crippen LogP contribution in [0.5, 0.6) is 0 Å². The lowest BCUT2D eigenvalue weighted by atomic mass is 10.2. The summed E-state index contributed by atoms with van der Waals surface area (Å²) in [5.74, 6) is 0. The van der Waals surface area contributed by atoms with Crippen molar-refractivity contribution in [2.24, 2.45) is 0 Å². The summed E-state index contributed by atoms with van der Waals surface area (Å²) in [6.45, 7) is 4.10. The van der Waals surface area contributed by atoms with Crippen LogP contribution in [-0.4, -0.2) is 11.4 Å². The SMILES string of the molecule is C=CCCC[C@@H](O)OCc1ccccc1. The molecule has 1 N–H and O–H groups in total. The lowest BCUT2D eigenvalue weighted by molar-refractivity contribution is -0.112. The molecule has 0 spiro atoms. The highest BCUT2D eigenvalue weighted by Crippen LogP contribution is 2.07. The second-order valence-corrected chi connectivity index (χ2v) is 3.47. The summed E-state index contributed by atoms with van der Waals surface area (Å²) >= 11 is 0. The normalized spacial score (nSPS) is 12.3. The third kappa shape index (κ3) is 5.35. The van der Waals surface area contributed by atoms with Crippen LogP contribution < -0.4 is 0 Å². The van der Waals surface area contributed by atoms with Crippen molar-refractivity contribution in [3.8, 4) is 0 Å². The first-order valence-electron chi connectivity index (χ1n) is 5.27. The maximum atomic E-state index is 9.48. The standard InChI is InChI=1S/C13H18O2/c1-2-3-5-10-13(14)15-11-12-8-6-4-7-9-12/h2,4,6-9,13-14H,1,3,5,10-11H2/t13-/m0/s1. The number of benzene rings is 1. The third-order valence-electron chi connectivity index (χ3n) is 2.14. The molecule has 0 aliphatic carbocycles. The zero-order chi connectivity index (χ0) is 10.9. The van der Waals surface area contributed by atoms with Crippen LogP contribution in [0.4, 0.5) is 0 Å².